The van der Waals surface area contributed by atoms with Gasteiger partial charge >= 0.3 is 5.97 Å². The molecule has 2 rings (SSSR count). The second-order valence-electron chi connectivity index (χ2n) is 5.47. The van der Waals surface area contributed by atoms with Crippen molar-refractivity contribution >= 4 is 17.6 Å². The van der Waals surface area contributed by atoms with E-state index >= 15 is 0 Å². The molecular weight excluding hydrogens is 304 g/mol. The molecule has 1 amide bonds. The lowest BCUT2D eigenvalue weighted by atomic mass is 10.0. The molecule has 0 radical (unpaired) electrons. The first-order valence-electron chi connectivity index (χ1n) is 7.50. The lowest BCUT2D eigenvalue weighted by Gasteiger charge is -2.15. The Hall–Kier alpha value is -3.13. The van der Waals surface area contributed by atoms with Crippen LogP contribution in [-0.2, 0) is 9.53 Å². The fourth-order valence-corrected chi connectivity index (χ4v) is 2.12. The van der Waals surface area contributed by atoms with E-state index in [1.807, 2.05) is 26.0 Å². The number of rotatable bonds is 4. The number of benzene rings is 2. The Balaban J connectivity index is 2.01. The topological polar surface area (TPSA) is 79.2 Å². The molecule has 0 fully saturated rings. The van der Waals surface area contributed by atoms with Gasteiger partial charge in [0.25, 0.3) is 5.91 Å². The molecular formula is C19H18N2O3. The number of carbonyl (C=O) groups excluding carboxylic acids is 2. The van der Waals surface area contributed by atoms with Crippen LogP contribution in [0.5, 0.6) is 0 Å². The molecule has 2 aromatic rings. The number of nitriles is 1. The molecule has 0 unspecified atom stereocenters. The molecule has 122 valence electrons. The zero-order valence-electron chi connectivity index (χ0n) is 13.8. The molecule has 0 aliphatic carbocycles. The zero-order chi connectivity index (χ0) is 17.7. The van der Waals surface area contributed by atoms with E-state index in [-0.39, 0.29) is 0 Å². The van der Waals surface area contributed by atoms with Gasteiger partial charge < -0.3 is 10.1 Å². The van der Waals surface area contributed by atoms with E-state index in [0.717, 1.165) is 11.1 Å². The Kier molecular flexibility index (Phi) is 5.33. The summed E-state index contributed by atoms with van der Waals surface area (Å²) in [6.07, 6.45) is -0.937. The summed E-state index contributed by atoms with van der Waals surface area (Å²) in [7, 11) is 0. The molecule has 0 heterocycles. The Morgan fingerprint density at radius 3 is 2.42 bits per heavy atom. The van der Waals surface area contributed by atoms with E-state index in [1.165, 1.54) is 6.92 Å². The van der Waals surface area contributed by atoms with Gasteiger partial charge in [-0.3, -0.25) is 4.79 Å². The molecule has 24 heavy (non-hydrogen) atoms. The Bertz CT molecular complexity index is 804. The van der Waals surface area contributed by atoms with Crippen molar-refractivity contribution in [3.8, 4) is 6.07 Å². The summed E-state index contributed by atoms with van der Waals surface area (Å²) in [6.45, 7) is 5.27. The van der Waals surface area contributed by atoms with Crippen molar-refractivity contribution in [3.63, 3.8) is 0 Å². The minimum atomic E-state index is -0.937. The van der Waals surface area contributed by atoms with Crippen LogP contribution >= 0.6 is 0 Å². The minimum Gasteiger partial charge on any atom is -0.449 e. The largest absolute Gasteiger partial charge is 0.449 e. The third-order valence-electron chi connectivity index (χ3n) is 3.76. The summed E-state index contributed by atoms with van der Waals surface area (Å²) in [5, 5.41) is 11.4. The number of hydrogen-bond donors (Lipinski definition) is 1. The first kappa shape index (κ1) is 17.2. The van der Waals surface area contributed by atoms with Crippen molar-refractivity contribution in [2.75, 3.05) is 5.32 Å². The summed E-state index contributed by atoms with van der Waals surface area (Å²) >= 11 is 0. The van der Waals surface area contributed by atoms with Crippen molar-refractivity contribution in [2.24, 2.45) is 0 Å². The van der Waals surface area contributed by atoms with Crippen LogP contribution in [-0.4, -0.2) is 18.0 Å². The number of anilines is 1. The van der Waals surface area contributed by atoms with E-state index in [4.69, 9.17) is 10.00 Å². The second kappa shape index (κ2) is 7.42. The molecule has 2 aromatic carbocycles. The standard InChI is InChI=1S/C19H18N2O3/c1-12-5-4-6-17(13(12)2)19(23)24-14(3)18(22)21-16-9-7-15(11-20)8-10-16/h4-10,14H,1-3H3,(H,21,22)/t14-/m0/s1. The summed E-state index contributed by atoms with van der Waals surface area (Å²) in [4.78, 5) is 24.4. The summed E-state index contributed by atoms with van der Waals surface area (Å²) < 4.78 is 5.25. The van der Waals surface area contributed by atoms with E-state index in [9.17, 15) is 9.59 Å². The number of ether oxygens (including phenoxy) is 1. The number of aryl methyl sites for hydroxylation is 1. The molecule has 0 bridgehead atoms. The fourth-order valence-electron chi connectivity index (χ4n) is 2.12. The van der Waals surface area contributed by atoms with Crippen LogP contribution in [0.25, 0.3) is 0 Å². The van der Waals surface area contributed by atoms with Crippen LogP contribution in [0.3, 0.4) is 0 Å². The van der Waals surface area contributed by atoms with Crippen LogP contribution in [0.4, 0.5) is 5.69 Å². The van der Waals surface area contributed by atoms with Gasteiger partial charge in [0.1, 0.15) is 0 Å². The maximum Gasteiger partial charge on any atom is 0.339 e. The quantitative estimate of drug-likeness (QED) is 0.875. The lowest BCUT2D eigenvalue weighted by molar-refractivity contribution is -0.123. The third-order valence-corrected chi connectivity index (χ3v) is 3.76. The molecule has 0 spiro atoms. The molecule has 0 aliphatic rings. The molecule has 0 aromatic heterocycles. The van der Waals surface area contributed by atoms with Gasteiger partial charge in [-0.15, -0.1) is 0 Å². The predicted molar refractivity (Wildman–Crippen MR) is 90.6 cm³/mol. The molecule has 5 heteroatoms. The van der Waals surface area contributed by atoms with E-state index in [2.05, 4.69) is 5.32 Å². The molecule has 0 saturated heterocycles. The van der Waals surface area contributed by atoms with Gasteiger partial charge in [-0.2, -0.15) is 5.26 Å². The van der Waals surface area contributed by atoms with Crippen LogP contribution < -0.4 is 5.32 Å². The van der Waals surface area contributed by atoms with Gasteiger partial charge in [-0.1, -0.05) is 12.1 Å². The highest BCUT2D eigenvalue weighted by Crippen LogP contribution is 2.15. The van der Waals surface area contributed by atoms with Crippen LogP contribution in [0.2, 0.25) is 0 Å². The average Bonchev–Trinajstić information content (AvgIpc) is 2.57. The van der Waals surface area contributed by atoms with Gasteiger partial charge in [0.15, 0.2) is 6.10 Å². The van der Waals surface area contributed by atoms with Gasteiger partial charge in [0, 0.05) is 5.69 Å². The van der Waals surface area contributed by atoms with E-state index < -0.39 is 18.0 Å². The Morgan fingerprint density at radius 1 is 1.12 bits per heavy atom. The molecule has 5 nitrogen and oxygen atoms in total. The van der Waals surface area contributed by atoms with Crippen molar-refractivity contribution in [2.45, 2.75) is 26.9 Å². The zero-order valence-corrected chi connectivity index (χ0v) is 13.8. The van der Waals surface area contributed by atoms with Crippen LogP contribution in [0.1, 0.15) is 34.0 Å². The number of hydrogen-bond acceptors (Lipinski definition) is 4. The SMILES string of the molecule is Cc1cccc(C(=O)O[C@@H](C)C(=O)Nc2ccc(C#N)cc2)c1C. The van der Waals surface area contributed by atoms with Crippen molar-refractivity contribution in [1.29, 1.82) is 5.26 Å². The molecule has 0 saturated carbocycles. The normalized spacial score (nSPS) is 11.2. The molecule has 0 aliphatic heterocycles. The number of nitrogens with one attached hydrogen (secondary N) is 1. The van der Waals surface area contributed by atoms with Crippen LogP contribution in [0.15, 0.2) is 42.5 Å². The highest BCUT2D eigenvalue weighted by molar-refractivity contribution is 5.97. The maximum absolute atomic E-state index is 12.2. The third kappa shape index (κ3) is 3.99. The Labute approximate surface area is 140 Å². The van der Waals surface area contributed by atoms with Gasteiger partial charge in [-0.05, 0) is 62.2 Å². The smallest absolute Gasteiger partial charge is 0.339 e. The molecule has 1 atom stereocenters. The lowest BCUT2D eigenvalue weighted by Crippen LogP contribution is -2.30. The Morgan fingerprint density at radius 2 is 1.79 bits per heavy atom. The van der Waals surface area contributed by atoms with Gasteiger partial charge in [-0.25, -0.2) is 4.79 Å². The summed E-state index contributed by atoms with van der Waals surface area (Å²) in [5.74, 6) is -0.961. The van der Waals surface area contributed by atoms with Gasteiger partial charge in [0.2, 0.25) is 0 Å². The number of nitrogens with zero attached hydrogens (tertiary/aromatic N) is 1. The maximum atomic E-state index is 12.2. The monoisotopic (exact) mass is 322 g/mol. The second-order valence-corrected chi connectivity index (χ2v) is 5.47. The van der Waals surface area contributed by atoms with E-state index in [0.29, 0.717) is 16.8 Å². The summed E-state index contributed by atoms with van der Waals surface area (Å²) in [6, 6.07) is 13.8. The highest BCUT2D eigenvalue weighted by atomic mass is 16.5. The highest BCUT2D eigenvalue weighted by Gasteiger charge is 2.20. The summed E-state index contributed by atoms with van der Waals surface area (Å²) in [5.41, 5.74) is 3.31. The van der Waals surface area contributed by atoms with Crippen molar-refractivity contribution in [3.05, 3.63) is 64.7 Å². The number of carbonyl (C=O) groups is 2. The predicted octanol–water partition coefficient (Wildman–Crippen LogP) is 3.36. The number of amides is 1. The fraction of sp³-hybridized carbons (Fsp3) is 0.211. The van der Waals surface area contributed by atoms with Crippen LogP contribution in [0, 0.1) is 25.2 Å². The minimum absolute atomic E-state index is 0.432. The number of esters is 1. The molecule has 1 N–H and O–H groups in total. The van der Waals surface area contributed by atoms with E-state index in [1.54, 1.807) is 36.4 Å². The first-order chi connectivity index (χ1) is 11.4. The van der Waals surface area contributed by atoms with Gasteiger partial charge in [0.05, 0.1) is 17.2 Å². The average molecular weight is 322 g/mol. The van der Waals surface area contributed by atoms with Crippen molar-refractivity contribution in [1.82, 2.24) is 0 Å². The van der Waals surface area contributed by atoms with Crippen molar-refractivity contribution < 1.29 is 14.3 Å². The first-order valence-corrected chi connectivity index (χ1v) is 7.50.